The fourth-order valence-corrected chi connectivity index (χ4v) is 8.06. The molecule has 2 aliphatic heterocycles. The third-order valence-electron chi connectivity index (χ3n) is 10.1. The Hall–Kier alpha value is -4.52. The van der Waals surface area contributed by atoms with Crippen molar-refractivity contribution in [3.8, 4) is 5.75 Å². The quantitative estimate of drug-likeness (QED) is 0.353. The van der Waals surface area contributed by atoms with Crippen LogP contribution in [0.25, 0.3) is 0 Å². The summed E-state index contributed by atoms with van der Waals surface area (Å²) in [6, 6.07) is 23.8. The summed E-state index contributed by atoms with van der Waals surface area (Å²) in [6.45, 7) is 3.90. The molecule has 7 heteroatoms. The van der Waals surface area contributed by atoms with Crippen molar-refractivity contribution in [1.29, 1.82) is 0 Å². The number of imide groups is 2. The van der Waals surface area contributed by atoms with E-state index in [0.717, 1.165) is 16.7 Å². The molecule has 42 heavy (non-hydrogen) atoms. The first-order valence-corrected chi connectivity index (χ1v) is 14.5. The maximum atomic E-state index is 14.4. The van der Waals surface area contributed by atoms with Crippen LogP contribution in [0.1, 0.15) is 42.4 Å². The highest BCUT2D eigenvalue weighted by atomic mass is 16.3. The summed E-state index contributed by atoms with van der Waals surface area (Å²) in [6.07, 6.45) is 2.79. The van der Waals surface area contributed by atoms with Crippen LogP contribution in [0.3, 0.4) is 0 Å². The summed E-state index contributed by atoms with van der Waals surface area (Å²) in [7, 11) is 0. The lowest BCUT2D eigenvalue weighted by molar-refractivity contribution is -0.141. The molecule has 2 heterocycles. The molecule has 2 aliphatic carbocycles. The van der Waals surface area contributed by atoms with E-state index in [2.05, 4.69) is 6.08 Å². The second kappa shape index (κ2) is 9.51. The van der Waals surface area contributed by atoms with Gasteiger partial charge in [0.2, 0.25) is 23.6 Å². The first-order chi connectivity index (χ1) is 20.2. The van der Waals surface area contributed by atoms with Crippen LogP contribution in [0.15, 0.2) is 90.5 Å². The van der Waals surface area contributed by atoms with Gasteiger partial charge < -0.3 is 5.11 Å². The molecule has 2 saturated heterocycles. The van der Waals surface area contributed by atoms with Crippen LogP contribution in [0.2, 0.25) is 0 Å². The topological polar surface area (TPSA) is 95.0 Å². The molecule has 3 aromatic rings. The molecule has 1 saturated carbocycles. The van der Waals surface area contributed by atoms with Gasteiger partial charge in [-0.2, -0.15) is 0 Å². The van der Waals surface area contributed by atoms with Crippen molar-refractivity contribution >= 4 is 29.3 Å². The molecule has 3 aromatic carbocycles. The largest absolute Gasteiger partial charge is 0.508 e. The highest BCUT2D eigenvalue weighted by Gasteiger charge is 2.67. The first-order valence-electron chi connectivity index (χ1n) is 14.5. The zero-order valence-corrected chi connectivity index (χ0v) is 23.6. The minimum Gasteiger partial charge on any atom is -0.508 e. The van der Waals surface area contributed by atoms with Crippen LogP contribution in [0.5, 0.6) is 5.75 Å². The minimum atomic E-state index is -1.10. The number of allylic oxidation sites excluding steroid dienone is 2. The summed E-state index contributed by atoms with van der Waals surface area (Å²) in [5.41, 5.74) is 2.75. The molecular weight excluding hydrogens is 528 g/mol. The van der Waals surface area contributed by atoms with E-state index in [1.807, 2.05) is 62.4 Å². The van der Waals surface area contributed by atoms with Gasteiger partial charge in [-0.15, -0.1) is 0 Å². The number of fused-ring (bicyclic) bond motifs is 4. The summed E-state index contributed by atoms with van der Waals surface area (Å²) in [5, 5.41) is 10.3. The number of hydrogen-bond acceptors (Lipinski definition) is 5. The van der Waals surface area contributed by atoms with Gasteiger partial charge in [0, 0.05) is 5.92 Å². The molecular formula is C35H32N2O5. The third kappa shape index (κ3) is 3.65. The second-order valence-corrected chi connectivity index (χ2v) is 12.3. The van der Waals surface area contributed by atoms with Crippen molar-refractivity contribution in [1.82, 2.24) is 4.90 Å². The fraction of sp³-hybridized carbons (Fsp3) is 0.314. The van der Waals surface area contributed by atoms with E-state index in [1.165, 1.54) is 9.80 Å². The highest BCUT2D eigenvalue weighted by Crippen LogP contribution is 2.63. The maximum Gasteiger partial charge on any atom is 0.241 e. The smallest absolute Gasteiger partial charge is 0.241 e. The standard InChI is InChI=1S/C35H32N2O5/c1-20-17-22(13-16-28(20)38)30-24-14-15-25-29(33(41)36(31(25)39)19-21-9-5-3-6-10-21)26(24)18-27-32(40)37(34(42)35(27,30)2)23-11-7-4-8-12-23/h3-14,16-17,25-27,29-30,38H,15,18-19H2,1-2H3. The monoisotopic (exact) mass is 560 g/mol. The van der Waals surface area contributed by atoms with Gasteiger partial charge in [-0.25, -0.2) is 4.90 Å². The van der Waals surface area contributed by atoms with E-state index < -0.39 is 29.1 Å². The molecule has 4 amide bonds. The summed E-state index contributed by atoms with van der Waals surface area (Å²) >= 11 is 0. The van der Waals surface area contributed by atoms with Crippen molar-refractivity contribution in [2.24, 2.45) is 29.1 Å². The van der Waals surface area contributed by atoms with Gasteiger partial charge in [-0.3, -0.25) is 24.1 Å². The van der Waals surface area contributed by atoms with E-state index in [4.69, 9.17) is 0 Å². The van der Waals surface area contributed by atoms with Crippen molar-refractivity contribution < 1.29 is 24.3 Å². The van der Waals surface area contributed by atoms with E-state index >= 15 is 0 Å². The Labute approximate surface area is 244 Å². The number of aromatic hydroxyl groups is 1. The summed E-state index contributed by atoms with van der Waals surface area (Å²) in [5.74, 6) is -3.34. The van der Waals surface area contributed by atoms with Crippen LogP contribution < -0.4 is 4.90 Å². The Morgan fingerprint density at radius 2 is 1.55 bits per heavy atom. The van der Waals surface area contributed by atoms with Gasteiger partial charge >= 0.3 is 0 Å². The lowest BCUT2D eigenvalue weighted by Crippen LogP contribution is -2.48. The number of rotatable bonds is 4. The average molecular weight is 561 g/mol. The minimum absolute atomic E-state index is 0.151. The molecule has 6 atom stereocenters. The zero-order valence-electron chi connectivity index (χ0n) is 23.6. The van der Waals surface area contributed by atoms with E-state index in [-0.39, 0.29) is 41.8 Å². The lowest BCUT2D eigenvalue weighted by Gasteiger charge is -2.49. The number of phenolic OH excluding ortho intramolecular Hbond substituents is 1. The average Bonchev–Trinajstić information content (AvgIpc) is 3.35. The van der Waals surface area contributed by atoms with Crippen LogP contribution in [0, 0.1) is 36.0 Å². The van der Waals surface area contributed by atoms with Gasteiger partial charge in [0.25, 0.3) is 0 Å². The third-order valence-corrected chi connectivity index (χ3v) is 10.1. The van der Waals surface area contributed by atoms with Crippen LogP contribution >= 0.6 is 0 Å². The Balaban J connectivity index is 1.34. The van der Waals surface area contributed by atoms with Gasteiger partial charge in [0.05, 0.1) is 35.4 Å². The number of carbonyl (C=O) groups excluding carboxylic acids is 4. The predicted octanol–water partition coefficient (Wildman–Crippen LogP) is 5.13. The molecule has 0 spiro atoms. The number of anilines is 1. The number of likely N-dealkylation sites (tertiary alicyclic amines) is 1. The number of hydrogen-bond donors (Lipinski definition) is 1. The number of aryl methyl sites for hydroxylation is 1. The molecule has 0 radical (unpaired) electrons. The fourth-order valence-electron chi connectivity index (χ4n) is 8.06. The Morgan fingerprint density at radius 3 is 2.24 bits per heavy atom. The Bertz CT molecular complexity index is 1670. The van der Waals surface area contributed by atoms with Crippen molar-refractivity contribution in [2.45, 2.75) is 39.2 Å². The molecule has 7 rings (SSSR count). The van der Waals surface area contributed by atoms with Crippen LogP contribution in [-0.4, -0.2) is 33.6 Å². The van der Waals surface area contributed by atoms with Crippen molar-refractivity contribution in [3.05, 3.63) is 107 Å². The zero-order chi connectivity index (χ0) is 29.3. The molecule has 1 N–H and O–H groups in total. The number of carbonyl (C=O) groups is 4. The predicted molar refractivity (Wildman–Crippen MR) is 156 cm³/mol. The van der Waals surface area contributed by atoms with Crippen molar-refractivity contribution in [2.75, 3.05) is 4.90 Å². The van der Waals surface area contributed by atoms with Crippen molar-refractivity contribution in [3.63, 3.8) is 0 Å². The summed E-state index contributed by atoms with van der Waals surface area (Å²) in [4.78, 5) is 58.9. The number of para-hydroxylation sites is 1. The molecule has 4 aliphatic rings. The SMILES string of the molecule is Cc1cc(C2C3=CCC4C(=O)N(Cc5ccccc5)C(=O)C4C3CC3C(=O)N(c4ccccc4)C(=O)C32C)ccc1O. The highest BCUT2D eigenvalue weighted by molar-refractivity contribution is 6.24. The number of benzene rings is 3. The van der Waals surface area contributed by atoms with Gasteiger partial charge in [-0.1, -0.05) is 72.3 Å². The van der Waals surface area contributed by atoms with Gasteiger partial charge in [0.15, 0.2) is 0 Å². The number of amides is 4. The maximum absolute atomic E-state index is 14.4. The van der Waals surface area contributed by atoms with E-state index in [0.29, 0.717) is 24.1 Å². The molecule has 6 unspecified atom stereocenters. The Morgan fingerprint density at radius 1 is 0.857 bits per heavy atom. The second-order valence-electron chi connectivity index (χ2n) is 12.3. The first kappa shape index (κ1) is 26.4. The van der Waals surface area contributed by atoms with Gasteiger partial charge in [-0.05, 0) is 67.5 Å². The number of phenols is 1. The number of nitrogens with zero attached hydrogens (tertiary/aromatic N) is 2. The molecule has 3 fully saturated rings. The summed E-state index contributed by atoms with van der Waals surface area (Å²) < 4.78 is 0. The lowest BCUT2D eigenvalue weighted by atomic mass is 9.51. The Kier molecular flexibility index (Phi) is 5.98. The van der Waals surface area contributed by atoms with Crippen LogP contribution in [-0.2, 0) is 25.7 Å². The van der Waals surface area contributed by atoms with Gasteiger partial charge in [0.1, 0.15) is 5.75 Å². The molecule has 212 valence electrons. The molecule has 0 bridgehead atoms. The van der Waals surface area contributed by atoms with Crippen LogP contribution in [0.4, 0.5) is 5.69 Å². The molecule has 7 nitrogen and oxygen atoms in total. The molecule has 0 aromatic heterocycles. The van der Waals surface area contributed by atoms with E-state index in [9.17, 15) is 24.3 Å². The normalized spacial score (nSPS) is 30.2. The van der Waals surface area contributed by atoms with E-state index in [1.54, 1.807) is 30.3 Å².